The first-order chi connectivity index (χ1) is 7.69. The highest BCUT2D eigenvalue weighted by Gasteiger charge is 2.37. The Labute approximate surface area is 99.2 Å². The van der Waals surface area contributed by atoms with Crippen molar-refractivity contribution in [3.8, 4) is 0 Å². The van der Waals surface area contributed by atoms with Crippen molar-refractivity contribution in [3.05, 3.63) is 12.2 Å². The molecule has 0 saturated heterocycles. The molecule has 0 aromatic rings. The van der Waals surface area contributed by atoms with Crippen LogP contribution < -0.4 is 0 Å². The molecule has 0 aliphatic heterocycles. The summed E-state index contributed by atoms with van der Waals surface area (Å²) in [7, 11) is 0. The molecule has 0 radical (unpaired) electrons. The van der Waals surface area contributed by atoms with Crippen LogP contribution >= 0.6 is 0 Å². The Morgan fingerprint density at radius 2 is 1.65 bits per heavy atom. The lowest BCUT2D eigenvalue weighted by Crippen LogP contribution is -2.35. The van der Waals surface area contributed by atoms with E-state index < -0.39 is 23.3 Å². The first kappa shape index (κ1) is 15.2. The second-order valence-electron chi connectivity index (χ2n) is 3.98. The maximum absolute atomic E-state index is 11.3. The van der Waals surface area contributed by atoms with Crippen molar-refractivity contribution in [2.45, 2.75) is 20.8 Å². The molecular formula is C11H16O6. The standard InChI is InChI=1S/C11H16O6/c1-7(2)8(12)16-5-6-17-10(15)11(3,4)9(13)14/h1,5-6H2,2-4H3,(H,13,14). The molecule has 0 bridgehead atoms. The molecule has 1 N–H and O–H groups in total. The summed E-state index contributed by atoms with van der Waals surface area (Å²) < 4.78 is 9.34. The van der Waals surface area contributed by atoms with Crippen LogP contribution in [-0.4, -0.2) is 36.2 Å². The largest absolute Gasteiger partial charge is 0.480 e. The highest BCUT2D eigenvalue weighted by atomic mass is 16.6. The smallest absolute Gasteiger partial charge is 0.333 e. The number of carbonyl (C=O) groups is 3. The lowest BCUT2D eigenvalue weighted by Gasteiger charge is -2.17. The number of carboxylic acid groups (broad SMARTS) is 1. The Morgan fingerprint density at radius 1 is 1.18 bits per heavy atom. The second kappa shape index (κ2) is 6.03. The van der Waals surface area contributed by atoms with E-state index in [-0.39, 0.29) is 18.8 Å². The summed E-state index contributed by atoms with van der Waals surface area (Å²) in [6.45, 7) is 7.01. The molecule has 0 spiro atoms. The van der Waals surface area contributed by atoms with Crippen LogP contribution in [0.4, 0.5) is 0 Å². The van der Waals surface area contributed by atoms with Gasteiger partial charge >= 0.3 is 17.9 Å². The second-order valence-corrected chi connectivity index (χ2v) is 3.98. The molecule has 0 heterocycles. The Balaban J connectivity index is 3.99. The minimum atomic E-state index is -1.61. The summed E-state index contributed by atoms with van der Waals surface area (Å²) in [5.41, 5.74) is -1.37. The van der Waals surface area contributed by atoms with Gasteiger partial charge < -0.3 is 14.6 Å². The van der Waals surface area contributed by atoms with E-state index in [9.17, 15) is 14.4 Å². The fourth-order valence-electron chi connectivity index (χ4n) is 0.660. The van der Waals surface area contributed by atoms with E-state index in [2.05, 4.69) is 16.1 Å². The molecule has 0 aliphatic rings. The minimum absolute atomic E-state index is 0.132. The first-order valence-corrected chi connectivity index (χ1v) is 4.93. The third-order valence-electron chi connectivity index (χ3n) is 1.94. The zero-order valence-corrected chi connectivity index (χ0v) is 10.1. The van der Waals surface area contributed by atoms with Crippen molar-refractivity contribution in [2.24, 2.45) is 5.41 Å². The zero-order valence-electron chi connectivity index (χ0n) is 10.1. The summed E-state index contributed by atoms with van der Waals surface area (Å²) >= 11 is 0. The molecule has 6 nitrogen and oxygen atoms in total. The van der Waals surface area contributed by atoms with Gasteiger partial charge in [0.05, 0.1) is 0 Å². The fourth-order valence-corrected chi connectivity index (χ4v) is 0.660. The lowest BCUT2D eigenvalue weighted by atomic mass is 9.94. The molecule has 0 fully saturated rings. The quantitative estimate of drug-likeness (QED) is 0.321. The van der Waals surface area contributed by atoms with Gasteiger partial charge in [0.1, 0.15) is 13.2 Å². The van der Waals surface area contributed by atoms with Gasteiger partial charge in [-0.3, -0.25) is 9.59 Å². The Morgan fingerprint density at radius 3 is 2.06 bits per heavy atom. The van der Waals surface area contributed by atoms with Gasteiger partial charge in [0.2, 0.25) is 0 Å². The summed E-state index contributed by atoms with van der Waals surface area (Å²) in [5, 5.41) is 8.73. The number of hydrogen-bond donors (Lipinski definition) is 1. The summed E-state index contributed by atoms with van der Waals surface area (Å²) in [5.74, 6) is -2.74. The van der Waals surface area contributed by atoms with Gasteiger partial charge in [0.15, 0.2) is 5.41 Å². The first-order valence-electron chi connectivity index (χ1n) is 4.93. The van der Waals surface area contributed by atoms with Crippen molar-refractivity contribution in [3.63, 3.8) is 0 Å². The fraction of sp³-hybridized carbons (Fsp3) is 0.545. The van der Waals surface area contributed by atoms with Crippen molar-refractivity contribution in [1.82, 2.24) is 0 Å². The van der Waals surface area contributed by atoms with E-state index in [1.165, 1.54) is 20.8 Å². The molecule has 0 saturated carbocycles. The van der Waals surface area contributed by atoms with Crippen LogP contribution in [0.15, 0.2) is 12.2 Å². The van der Waals surface area contributed by atoms with Crippen LogP contribution in [0.3, 0.4) is 0 Å². The van der Waals surface area contributed by atoms with Crippen LogP contribution in [0.2, 0.25) is 0 Å². The third-order valence-corrected chi connectivity index (χ3v) is 1.94. The van der Waals surface area contributed by atoms with E-state index >= 15 is 0 Å². The van der Waals surface area contributed by atoms with Gasteiger partial charge in [0, 0.05) is 5.57 Å². The molecule has 0 aliphatic carbocycles. The lowest BCUT2D eigenvalue weighted by molar-refractivity contribution is -0.168. The number of carbonyl (C=O) groups excluding carboxylic acids is 2. The highest BCUT2D eigenvalue weighted by Crippen LogP contribution is 2.17. The number of carboxylic acids is 1. The normalized spacial score (nSPS) is 10.5. The van der Waals surface area contributed by atoms with E-state index in [0.717, 1.165) is 0 Å². The number of rotatable bonds is 6. The van der Waals surface area contributed by atoms with Gasteiger partial charge in [-0.1, -0.05) is 6.58 Å². The number of hydrogen-bond acceptors (Lipinski definition) is 5. The molecule has 6 heteroatoms. The van der Waals surface area contributed by atoms with Crippen molar-refractivity contribution in [2.75, 3.05) is 13.2 Å². The predicted molar refractivity (Wildman–Crippen MR) is 58.1 cm³/mol. The van der Waals surface area contributed by atoms with Crippen LogP contribution in [0.5, 0.6) is 0 Å². The van der Waals surface area contributed by atoms with E-state index in [1.807, 2.05) is 0 Å². The molecule has 17 heavy (non-hydrogen) atoms. The molecule has 0 aromatic carbocycles. The average molecular weight is 244 g/mol. The molecule has 0 amide bonds. The van der Waals surface area contributed by atoms with Gasteiger partial charge in [-0.15, -0.1) is 0 Å². The monoisotopic (exact) mass is 244 g/mol. The number of aliphatic carboxylic acids is 1. The van der Waals surface area contributed by atoms with Gasteiger partial charge in [-0.05, 0) is 20.8 Å². The van der Waals surface area contributed by atoms with Crippen LogP contribution in [0, 0.1) is 5.41 Å². The molecular weight excluding hydrogens is 228 g/mol. The highest BCUT2D eigenvalue weighted by molar-refractivity contribution is 5.98. The predicted octanol–water partition coefficient (Wildman–Crippen LogP) is 0.760. The number of ether oxygens (including phenoxy) is 2. The Kier molecular flexibility index (Phi) is 5.37. The summed E-state index contributed by atoms with van der Waals surface area (Å²) in [6, 6.07) is 0. The van der Waals surface area contributed by atoms with Crippen molar-refractivity contribution >= 4 is 17.9 Å². The van der Waals surface area contributed by atoms with Gasteiger partial charge in [0.25, 0.3) is 0 Å². The van der Waals surface area contributed by atoms with Crippen LogP contribution in [0.25, 0.3) is 0 Å². The number of esters is 2. The van der Waals surface area contributed by atoms with Crippen LogP contribution in [0.1, 0.15) is 20.8 Å². The average Bonchev–Trinajstić information content (AvgIpc) is 2.22. The van der Waals surface area contributed by atoms with Gasteiger partial charge in [-0.2, -0.15) is 0 Å². The minimum Gasteiger partial charge on any atom is -0.480 e. The summed E-state index contributed by atoms with van der Waals surface area (Å²) in [4.78, 5) is 33.0. The SMILES string of the molecule is C=C(C)C(=O)OCCOC(=O)C(C)(C)C(=O)O. The maximum atomic E-state index is 11.3. The molecule has 0 atom stereocenters. The van der Waals surface area contributed by atoms with Crippen molar-refractivity contribution in [1.29, 1.82) is 0 Å². The third kappa shape index (κ3) is 4.67. The molecule has 96 valence electrons. The zero-order chi connectivity index (χ0) is 13.6. The van der Waals surface area contributed by atoms with E-state index in [0.29, 0.717) is 0 Å². The molecule has 0 unspecified atom stereocenters. The summed E-state index contributed by atoms with van der Waals surface area (Å²) in [6.07, 6.45) is 0. The maximum Gasteiger partial charge on any atom is 0.333 e. The molecule has 0 rings (SSSR count). The Hall–Kier alpha value is -1.85. The van der Waals surface area contributed by atoms with E-state index in [1.54, 1.807) is 0 Å². The van der Waals surface area contributed by atoms with Crippen molar-refractivity contribution < 1.29 is 29.0 Å². The van der Waals surface area contributed by atoms with Crippen LogP contribution in [-0.2, 0) is 23.9 Å². The van der Waals surface area contributed by atoms with E-state index in [4.69, 9.17) is 5.11 Å². The van der Waals surface area contributed by atoms with Gasteiger partial charge in [-0.25, -0.2) is 4.79 Å². The topological polar surface area (TPSA) is 89.9 Å². The Bertz CT molecular complexity index is 342. The molecule has 0 aromatic heterocycles.